The minimum atomic E-state index is -1.40. The average molecular weight is 276 g/mol. The molecule has 0 radical (unpaired) electrons. The zero-order valence-electron chi connectivity index (χ0n) is 10.8. The molecule has 0 aliphatic rings. The number of benzene rings is 2. The zero-order valence-corrected chi connectivity index (χ0v) is 10.8. The molecule has 0 heterocycles. The molecule has 0 atom stereocenters. The predicted octanol–water partition coefficient (Wildman–Crippen LogP) is 2.26. The number of rotatable bonds is 2. The molecule has 0 saturated heterocycles. The van der Waals surface area contributed by atoms with Gasteiger partial charge in [0.15, 0.2) is 11.5 Å². The molecule has 20 heavy (non-hydrogen) atoms. The molecule has 0 spiro atoms. The largest absolute Gasteiger partial charge is 0.504 e. The summed E-state index contributed by atoms with van der Waals surface area (Å²) in [6.45, 7) is 3.03. The molecule has 0 unspecified atom stereocenters. The highest BCUT2D eigenvalue weighted by atomic mass is 16.4. The first-order valence-electron chi connectivity index (χ1n) is 5.71. The molecule has 104 valence electrons. The quantitative estimate of drug-likeness (QED) is 0.625. The Bertz CT molecular complexity index is 760. The SMILES string of the molecule is Cc1c(C(=O)O)c(C(=O)O)c2ccc(O)c(O)c2c1C. The number of aryl methyl sites for hydroxylation is 1. The van der Waals surface area contributed by atoms with E-state index in [1.165, 1.54) is 13.0 Å². The summed E-state index contributed by atoms with van der Waals surface area (Å²) in [5.41, 5.74) is -0.0578. The van der Waals surface area contributed by atoms with Crippen molar-refractivity contribution in [3.05, 3.63) is 34.4 Å². The van der Waals surface area contributed by atoms with E-state index in [1.54, 1.807) is 6.92 Å². The summed E-state index contributed by atoms with van der Waals surface area (Å²) in [4.78, 5) is 22.7. The van der Waals surface area contributed by atoms with Gasteiger partial charge in [0.25, 0.3) is 0 Å². The van der Waals surface area contributed by atoms with Gasteiger partial charge in [0.2, 0.25) is 0 Å². The zero-order chi connectivity index (χ0) is 15.2. The summed E-state index contributed by atoms with van der Waals surface area (Å²) in [7, 11) is 0. The van der Waals surface area contributed by atoms with E-state index in [0.717, 1.165) is 6.07 Å². The highest BCUT2D eigenvalue weighted by Gasteiger charge is 2.26. The Labute approximate surface area is 113 Å². The third kappa shape index (κ3) is 1.73. The lowest BCUT2D eigenvalue weighted by Gasteiger charge is -2.15. The molecule has 0 aliphatic heterocycles. The second kappa shape index (κ2) is 4.41. The number of phenolic OH excluding ortho intramolecular Hbond substituents is 2. The smallest absolute Gasteiger partial charge is 0.337 e. The maximum Gasteiger partial charge on any atom is 0.337 e. The van der Waals surface area contributed by atoms with E-state index in [9.17, 15) is 30.0 Å². The van der Waals surface area contributed by atoms with Gasteiger partial charge in [-0.2, -0.15) is 0 Å². The Morgan fingerprint density at radius 1 is 0.900 bits per heavy atom. The van der Waals surface area contributed by atoms with E-state index in [0.29, 0.717) is 5.56 Å². The molecule has 2 aromatic rings. The van der Waals surface area contributed by atoms with Gasteiger partial charge < -0.3 is 20.4 Å². The highest BCUT2D eigenvalue weighted by molar-refractivity contribution is 6.15. The van der Waals surface area contributed by atoms with E-state index in [2.05, 4.69) is 0 Å². The monoisotopic (exact) mass is 276 g/mol. The first-order chi connectivity index (χ1) is 9.27. The van der Waals surface area contributed by atoms with Gasteiger partial charge in [0.05, 0.1) is 11.1 Å². The molecule has 0 aliphatic carbocycles. The summed E-state index contributed by atoms with van der Waals surface area (Å²) in [5, 5.41) is 38.2. The molecule has 2 rings (SSSR count). The van der Waals surface area contributed by atoms with Crippen LogP contribution in [-0.2, 0) is 0 Å². The number of phenols is 2. The van der Waals surface area contributed by atoms with E-state index < -0.39 is 23.3 Å². The van der Waals surface area contributed by atoms with Crippen LogP contribution in [0, 0.1) is 13.8 Å². The maximum atomic E-state index is 11.4. The number of carboxylic acids is 2. The van der Waals surface area contributed by atoms with Crippen LogP contribution in [0.5, 0.6) is 11.5 Å². The fourth-order valence-corrected chi connectivity index (χ4v) is 2.35. The van der Waals surface area contributed by atoms with Crippen LogP contribution < -0.4 is 0 Å². The van der Waals surface area contributed by atoms with Gasteiger partial charge in [0.1, 0.15) is 0 Å². The molecule has 0 fully saturated rings. The Morgan fingerprint density at radius 2 is 1.45 bits per heavy atom. The molecule has 6 nitrogen and oxygen atoms in total. The Balaban J connectivity index is 3.16. The summed E-state index contributed by atoms with van der Waals surface area (Å²) >= 11 is 0. The van der Waals surface area contributed by atoms with Crippen molar-refractivity contribution < 1.29 is 30.0 Å². The van der Waals surface area contributed by atoms with Gasteiger partial charge >= 0.3 is 11.9 Å². The van der Waals surface area contributed by atoms with Gasteiger partial charge in [0, 0.05) is 10.8 Å². The van der Waals surface area contributed by atoms with E-state index in [4.69, 9.17) is 0 Å². The number of fused-ring (bicyclic) bond motifs is 1. The summed E-state index contributed by atoms with van der Waals surface area (Å²) < 4.78 is 0. The number of aromatic hydroxyl groups is 2. The third-order valence-corrected chi connectivity index (χ3v) is 3.42. The molecule has 6 heteroatoms. The topological polar surface area (TPSA) is 115 Å². The van der Waals surface area contributed by atoms with E-state index >= 15 is 0 Å². The Kier molecular flexibility index (Phi) is 3.01. The lowest BCUT2D eigenvalue weighted by atomic mass is 9.89. The molecule has 0 amide bonds. The van der Waals surface area contributed by atoms with Crippen LogP contribution >= 0.6 is 0 Å². The Morgan fingerprint density at radius 3 is 1.95 bits per heavy atom. The van der Waals surface area contributed by atoms with Crippen LogP contribution in [0.25, 0.3) is 10.8 Å². The van der Waals surface area contributed by atoms with E-state index in [1.807, 2.05) is 0 Å². The second-order valence-electron chi connectivity index (χ2n) is 4.47. The highest BCUT2D eigenvalue weighted by Crippen LogP contribution is 2.40. The lowest BCUT2D eigenvalue weighted by molar-refractivity contribution is 0.0652. The standard InChI is InChI=1S/C14H12O6/c1-5-6(2)10(13(17)18)11(14(19)20)7-3-4-8(15)12(16)9(5)7/h3-4,15-16H,1-2H3,(H,17,18)(H,19,20). The Hall–Kier alpha value is -2.76. The van der Waals surface area contributed by atoms with Crippen molar-refractivity contribution in [2.45, 2.75) is 13.8 Å². The molecule has 0 aromatic heterocycles. The van der Waals surface area contributed by atoms with Crippen LogP contribution in [0.3, 0.4) is 0 Å². The molecule has 0 saturated carbocycles. The van der Waals surface area contributed by atoms with Crippen molar-refractivity contribution >= 4 is 22.7 Å². The van der Waals surface area contributed by atoms with Crippen molar-refractivity contribution in [2.75, 3.05) is 0 Å². The van der Waals surface area contributed by atoms with Crippen molar-refractivity contribution in [2.24, 2.45) is 0 Å². The molecule has 0 bridgehead atoms. The molecular weight excluding hydrogens is 264 g/mol. The van der Waals surface area contributed by atoms with Gasteiger partial charge in [-0.25, -0.2) is 9.59 Å². The number of carboxylic acid groups (broad SMARTS) is 2. The fourth-order valence-electron chi connectivity index (χ4n) is 2.35. The minimum Gasteiger partial charge on any atom is -0.504 e. The summed E-state index contributed by atoms with van der Waals surface area (Å²) in [6.07, 6.45) is 0. The van der Waals surface area contributed by atoms with Gasteiger partial charge in [-0.05, 0) is 37.1 Å². The van der Waals surface area contributed by atoms with Crippen molar-refractivity contribution in [1.82, 2.24) is 0 Å². The van der Waals surface area contributed by atoms with Crippen molar-refractivity contribution in [3.8, 4) is 11.5 Å². The number of aromatic carboxylic acids is 2. The van der Waals surface area contributed by atoms with Gasteiger partial charge in [-0.15, -0.1) is 0 Å². The first kappa shape index (κ1) is 13.7. The second-order valence-corrected chi connectivity index (χ2v) is 4.47. The van der Waals surface area contributed by atoms with Crippen LogP contribution in [0.15, 0.2) is 12.1 Å². The van der Waals surface area contributed by atoms with Crippen LogP contribution in [0.1, 0.15) is 31.8 Å². The van der Waals surface area contributed by atoms with Gasteiger partial charge in [-0.1, -0.05) is 0 Å². The lowest BCUT2D eigenvalue weighted by Crippen LogP contribution is -2.12. The number of hydrogen-bond acceptors (Lipinski definition) is 4. The third-order valence-electron chi connectivity index (χ3n) is 3.42. The minimum absolute atomic E-state index is 0.0771. The number of carbonyl (C=O) groups is 2. The normalized spacial score (nSPS) is 10.7. The maximum absolute atomic E-state index is 11.4. The average Bonchev–Trinajstić information content (AvgIpc) is 2.36. The molecule has 2 aromatic carbocycles. The first-order valence-corrected chi connectivity index (χ1v) is 5.71. The number of hydrogen-bond donors (Lipinski definition) is 4. The van der Waals surface area contributed by atoms with Crippen LogP contribution in [0.2, 0.25) is 0 Å². The fraction of sp³-hybridized carbons (Fsp3) is 0.143. The van der Waals surface area contributed by atoms with Gasteiger partial charge in [-0.3, -0.25) is 0 Å². The summed E-state index contributed by atoms with van der Waals surface area (Å²) in [5.74, 6) is -3.60. The van der Waals surface area contributed by atoms with E-state index in [-0.39, 0.29) is 27.6 Å². The summed E-state index contributed by atoms with van der Waals surface area (Å²) in [6, 6.07) is 2.41. The van der Waals surface area contributed by atoms with Crippen molar-refractivity contribution in [3.63, 3.8) is 0 Å². The molecule has 4 N–H and O–H groups in total. The van der Waals surface area contributed by atoms with Crippen molar-refractivity contribution in [1.29, 1.82) is 0 Å². The van der Waals surface area contributed by atoms with Crippen LogP contribution in [-0.4, -0.2) is 32.4 Å². The predicted molar refractivity (Wildman–Crippen MR) is 70.7 cm³/mol. The van der Waals surface area contributed by atoms with Crippen LogP contribution in [0.4, 0.5) is 0 Å². The molecular formula is C14H12O6.